The highest BCUT2D eigenvalue weighted by Gasteiger charge is 2.34. The van der Waals surface area contributed by atoms with Crippen molar-refractivity contribution in [3.8, 4) is 6.07 Å². The minimum absolute atomic E-state index is 0.213. The molecule has 0 aliphatic heterocycles. The van der Waals surface area contributed by atoms with Gasteiger partial charge in [-0.2, -0.15) is 5.26 Å². The largest absolute Gasteiger partial charge is 0.466 e. The highest BCUT2D eigenvalue weighted by atomic mass is 16.5. The Balaban J connectivity index is 2.40. The Kier molecular flexibility index (Phi) is 5.32. The number of rotatable bonds is 6. The summed E-state index contributed by atoms with van der Waals surface area (Å²) in [5, 5.41) is 9.92. The smallest absolute Gasteiger partial charge is 0.305 e. The summed E-state index contributed by atoms with van der Waals surface area (Å²) in [5.74, 6) is -0.269. The number of carbonyl (C=O) groups is 1. The van der Waals surface area contributed by atoms with Crippen LogP contribution in [0.15, 0.2) is 60.7 Å². The van der Waals surface area contributed by atoms with Gasteiger partial charge in [-0.05, 0) is 24.5 Å². The van der Waals surface area contributed by atoms with Crippen molar-refractivity contribution in [1.82, 2.24) is 0 Å². The number of ether oxygens (including phenoxy) is 1. The zero-order chi connectivity index (χ0) is 15.8. The fourth-order valence-electron chi connectivity index (χ4n) is 2.61. The van der Waals surface area contributed by atoms with Gasteiger partial charge >= 0.3 is 5.97 Å². The molecule has 22 heavy (non-hydrogen) atoms. The van der Waals surface area contributed by atoms with Gasteiger partial charge in [0.15, 0.2) is 0 Å². The van der Waals surface area contributed by atoms with E-state index in [4.69, 9.17) is 4.74 Å². The zero-order valence-corrected chi connectivity index (χ0v) is 12.7. The first-order valence-corrected chi connectivity index (χ1v) is 7.41. The standard InChI is InChI=1S/C19H19NO2/c1-2-22-18(21)13-14-19(15-20,16-9-5-3-6-10-16)17-11-7-4-8-12-17/h3-12H,2,13-14H2,1H3. The first kappa shape index (κ1) is 15.8. The Morgan fingerprint density at radius 3 is 1.95 bits per heavy atom. The Labute approximate surface area is 131 Å². The SMILES string of the molecule is CCOC(=O)CCC(C#N)(c1ccccc1)c1ccccc1. The molecule has 2 aromatic carbocycles. The molecule has 0 saturated carbocycles. The van der Waals surface area contributed by atoms with Crippen LogP contribution >= 0.6 is 0 Å². The van der Waals surface area contributed by atoms with E-state index < -0.39 is 5.41 Å². The molecule has 0 fully saturated rings. The number of benzene rings is 2. The second kappa shape index (κ2) is 7.42. The molecule has 0 bridgehead atoms. The molecule has 0 atom stereocenters. The van der Waals surface area contributed by atoms with Gasteiger partial charge in [-0.25, -0.2) is 0 Å². The Bertz CT molecular complexity index is 605. The molecule has 0 heterocycles. The zero-order valence-electron chi connectivity index (χ0n) is 12.7. The van der Waals surface area contributed by atoms with Gasteiger partial charge in [0, 0.05) is 6.42 Å². The highest BCUT2D eigenvalue weighted by Crippen LogP contribution is 2.36. The Morgan fingerprint density at radius 1 is 1.05 bits per heavy atom. The number of nitriles is 1. The normalized spacial score (nSPS) is 10.7. The summed E-state index contributed by atoms with van der Waals surface area (Å²) >= 11 is 0. The summed E-state index contributed by atoms with van der Waals surface area (Å²) in [6, 6.07) is 21.6. The lowest BCUT2D eigenvalue weighted by atomic mass is 9.72. The molecule has 2 rings (SSSR count). The first-order valence-electron chi connectivity index (χ1n) is 7.41. The third-order valence-corrected chi connectivity index (χ3v) is 3.73. The van der Waals surface area contributed by atoms with E-state index in [1.807, 2.05) is 60.7 Å². The molecule has 0 radical (unpaired) electrons. The van der Waals surface area contributed by atoms with Crippen molar-refractivity contribution in [1.29, 1.82) is 5.26 Å². The molecule has 0 aliphatic rings. The number of esters is 1. The van der Waals surface area contributed by atoms with Crippen LogP contribution in [0.4, 0.5) is 0 Å². The Morgan fingerprint density at radius 2 is 1.55 bits per heavy atom. The maximum absolute atomic E-state index is 11.7. The van der Waals surface area contributed by atoms with Crippen LogP contribution in [0.3, 0.4) is 0 Å². The lowest BCUT2D eigenvalue weighted by molar-refractivity contribution is -0.143. The first-order chi connectivity index (χ1) is 10.7. The lowest BCUT2D eigenvalue weighted by Gasteiger charge is -2.27. The van der Waals surface area contributed by atoms with E-state index in [2.05, 4.69) is 6.07 Å². The van der Waals surface area contributed by atoms with Gasteiger partial charge in [0.05, 0.1) is 12.7 Å². The second-order valence-corrected chi connectivity index (χ2v) is 5.05. The lowest BCUT2D eigenvalue weighted by Crippen LogP contribution is -2.27. The van der Waals surface area contributed by atoms with Crippen LogP contribution in [0.1, 0.15) is 30.9 Å². The molecular formula is C19H19NO2. The summed E-state index contributed by atoms with van der Waals surface area (Å²) in [4.78, 5) is 11.7. The van der Waals surface area contributed by atoms with E-state index in [9.17, 15) is 10.1 Å². The monoisotopic (exact) mass is 293 g/mol. The highest BCUT2D eigenvalue weighted by molar-refractivity contribution is 5.70. The van der Waals surface area contributed by atoms with Crippen molar-refractivity contribution in [2.24, 2.45) is 0 Å². The summed E-state index contributed by atoms with van der Waals surface area (Å²) < 4.78 is 5.01. The van der Waals surface area contributed by atoms with Crippen molar-refractivity contribution < 1.29 is 9.53 Å². The summed E-state index contributed by atoms with van der Waals surface area (Å²) in [5.41, 5.74) is 0.955. The van der Waals surface area contributed by atoms with Crippen LogP contribution in [0.5, 0.6) is 0 Å². The van der Waals surface area contributed by atoms with Gasteiger partial charge in [-0.1, -0.05) is 60.7 Å². The minimum Gasteiger partial charge on any atom is -0.466 e. The van der Waals surface area contributed by atoms with E-state index in [-0.39, 0.29) is 12.4 Å². The summed E-state index contributed by atoms with van der Waals surface area (Å²) in [6.07, 6.45) is 0.613. The number of nitrogens with zero attached hydrogens (tertiary/aromatic N) is 1. The van der Waals surface area contributed by atoms with E-state index in [0.29, 0.717) is 13.0 Å². The summed E-state index contributed by atoms with van der Waals surface area (Å²) in [7, 11) is 0. The average molecular weight is 293 g/mol. The molecule has 3 nitrogen and oxygen atoms in total. The molecule has 0 aromatic heterocycles. The van der Waals surface area contributed by atoms with Crippen molar-refractivity contribution in [2.45, 2.75) is 25.2 Å². The van der Waals surface area contributed by atoms with Crippen LogP contribution in [0.2, 0.25) is 0 Å². The molecule has 0 saturated heterocycles. The van der Waals surface area contributed by atoms with Crippen LogP contribution < -0.4 is 0 Å². The van der Waals surface area contributed by atoms with Gasteiger partial charge in [-0.15, -0.1) is 0 Å². The molecule has 2 aromatic rings. The molecule has 0 amide bonds. The molecule has 0 N–H and O–H groups in total. The topological polar surface area (TPSA) is 50.1 Å². The number of hydrogen-bond donors (Lipinski definition) is 0. The molecule has 112 valence electrons. The fourth-order valence-corrected chi connectivity index (χ4v) is 2.61. The van der Waals surface area contributed by atoms with E-state index in [1.54, 1.807) is 6.92 Å². The van der Waals surface area contributed by atoms with Crippen molar-refractivity contribution in [3.05, 3.63) is 71.8 Å². The maximum atomic E-state index is 11.7. The van der Waals surface area contributed by atoms with Crippen molar-refractivity contribution in [2.75, 3.05) is 6.61 Å². The third kappa shape index (κ3) is 3.35. The predicted octanol–water partition coefficient (Wildman–Crippen LogP) is 3.84. The Hall–Kier alpha value is -2.60. The fraction of sp³-hybridized carbons (Fsp3) is 0.263. The predicted molar refractivity (Wildman–Crippen MR) is 85.1 cm³/mol. The average Bonchev–Trinajstić information content (AvgIpc) is 2.58. The van der Waals surface area contributed by atoms with Crippen LogP contribution in [-0.2, 0) is 14.9 Å². The molecular weight excluding hydrogens is 274 g/mol. The third-order valence-electron chi connectivity index (χ3n) is 3.73. The van der Waals surface area contributed by atoms with Gasteiger partial charge in [0.25, 0.3) is 0 Å². The quantitative estimate of drug-likeness (QED) is 0.760. The molecule has 0 aliphatic carbocycles. The number of hydrogen-bond acceptors (Lipinski definition) is 3. The van der Waals surface area contributed by atoms with Gasteiger partial charge < -0.3 is 4.74 Å². The number of carbonyl (C=O) groups excluding carboxylic acids is 1. The van der Waals surface area contributed by atoms with Crippen LogP contribution in [0.25, 0.3) is 0 Å². The van der Waals surface area contributed by atoms with E-state index in [1.165, 1.54) is 0 Å². The van der Waals surface area contributed by atoms with Gasteiger partial charge in [-0.3, -0.25) is 4.79 Å². The summed E-state index contributed by atoms with van der Waals surface area (Å²) in [6.45, 7) is 2.14. The van der Waals surface area contributed by atoms with Crippen LogP contribution in [0, 0.1) is 11.3 Å². The van der Waals surface area contributed by atoms with E-state index in [0.717, 1.165) is 11.1 Å². The minimum atomic E-state index is -0.838. The van der Waals surface area contributed by atoms with Crippen molar-refractivity contribution >= 4 is 5.97 Å². The van der Waals surface area contributed by atoms with Gasteiger partial charge in [0.2, 0.25) is 0 Å². The molecule has 3 heteroatoms. The molecule has 0 spiro atoms. The van der Waals surface area contributed by atoms with Crippen LogP contribution in [-0.4, -0.2) is 12.6 Å². The molecule has 0 unspecified atom stereocenters. The van der Waals surface area contributed by atoms with Crippen molar-refractivity contribution in [3.63, 3.8) is 0 Å². The maximum Gasteiger partial charge on any atom is 0.305 e. The van der Waals surface area contributed by atoms with E-state index >= 15 is 0 Å². The van der Waals surface area contributed by atoms with Gasteiger partial charge in [0.1, 0.15) is 5.41 Å². The second-order valence-electron chi connectivity index (χ2n) is 5.05.